The van der Waals surface area contributed by atoms with Crippen LogP contribution in [0.4, 0.5) is 0 Å². The van der Waals surface area contributed by atoms with Gasteiger partial charge in [-0.05, 0) is 23.6 Å². The molecule has 6 nitrogen and oxygen atoms in total. The second-order valence-electron chi connectivity index (χ2n) is 1.03. The fourth-order valence-electron chi connectivity index (χ4n) is 0. The van der Waals surface area contributed by atoms with E-state index in [1.54, 1.807) is 0 Å². The first kappa shape index (κ1) is 29.6. The van der Waals surface area contributed by atoms with Gasteiger partial charge in [0.05, 0.1) is 0 Å². The van der Waals surface area contributed by atoms with E-state index in [9.17, 15) is 0 Å². The second kappa shape index (κ2) is 14.6. The summed E-state index contributed by atoms with van der Waals surface area (Å²) in [7, 11) is 0. The second-order valence-corrected chi connectivity index (χ2v) is 6.02. The molecular formula is C2H14Cl2O6P2S2. The van der Waals surface area contributed by atoms with E-state index < -0.39 is 13.4 Å². The molecule has 0 heterocycles. The van der Waals surface area contributed by atoms with Gasteiger partial charge in [0.2, 0.25) is 0 Å². The average molecular weight is 331 g/mol. The Morgan fingerprint density at radius 3 is 0.643 bits per heavy atom. The van der Waals surface area contributed by atoms with E-state index in [1.807, 2.05) is 13.8 Å². The summed E-state index contributed by atoms with van der Waals surface area (Å²) < 4.78 is 0. The smallest absolute Gasteiger partial charge is 0.319 e. The van der Waals surface area contributed by atoms with Crippen molar-refractivity contribution in [2.45, 2.75) is 13.8 Å². The number of hydrogen-bond donors (Lipinski definition) is 6. The fourth-order valence-corrected chi connectivity index (χ4v) is 0. The molecule has 0 aliphatic rings. The maximum absolute atomic E-state index is 7.56. The minimum atomic E-state index is -3.81. The van der Waals surface area contributed by atoms with Crippen molar-refractivity contribution in [3.63, 3.8) is 0 Å². The van der Waals surface area contributed by atoms with Gasteiger partial charge in [0, 0.05) is 0 Å². The molecule has 0 aromatic heterocycles. The topological polar surface area (TPSA) is 121 Å². The Morgan fingerprint density at radius 2 is 0.643 bits per heavy atom. The summed E-state index contributed by atoms with van der Waals surface area (Å²) >= 11 is 7.21. The van der Waals surface area contributed by atoms with Crippen molar-refractivity contribution in [1.29, 1.82) is 0 Å². The van der Waals surface area contributed by atoms with Gasteiger partial charge in [0.15, 0.2) is 0 Å². The van der Waals surface area contributed by atoms with Crippen molar-refractivity contribution in [1.82, 2.24) is 0 Å². The molecule has 6 N–H and O–H groups in total. The third kappa shape index (κ3) is 810. The van der Waals surface area contributed by atoms with Crippen LogP contribution in [-0.4, -0.2) is 29.4 Å². The Bertz CT molecular complexity index is 142. The third-order valence-corrected chi connectivity index (χ3v) is 0. The van der Waals surface area contributed by atoms with Crippen molar-refractivity contribution in [3.8, 4) is 0 Å². The first-order valence-corrected chi connectivity index (χ1v) is 7.89. The largest absolute Gasteiger partial charge is 0.325 e. The number of rotatable bonds is 0. The van der Waals surface area contributed by atoms with E-state index in [4.69, 9.17) is 29.4 Å². The lowest BCUT2D eigenvalue weighted by atomic mass is 11.0. The molecule has 0 aliphatic heterocycles. The maximum atomic E-state index is 7.56. The quantitative estimate of drug-likeness (QED) is 0.349. The first-order valence-electron chi connectivity index (χ1n) is 2.57. The molecule has 0 aromatic carbocycles. The van der Waals surface area contributed by atoms with Crippen LogP contribution in [0.3, 0.4) is 0 Å². The van der Waals surface area contributed by atoms with Crippen molar-refractivity contribution < 1.29 is 29.4 Å². The molecule has 0 atom stereocenters. The van der Waals surface area contributed by atoms with E-state index in [-0.39, 0.29) is 24.8 Å². The maximum Gasteiger partial charge on any atom is 0.319 e. The zero-order chi connectivity index (χ0) is 11.0. The van der Waals surface area contributed by atoms with Crippen LogP contribution in [0.1, 0.15) is 13.8 Å². The molecule has 0 fully saturated rings. The van der Waals surface area contributed by atoms with Crippen LogP contribution >= 0.6 is 38.3 Å². The van der Waals surface area contributed by atoms with Crippen LogP contribution in [0, 0.1) is 0 Å². The molecule has 0 bridgehead atoms. The lowest BCUT2D eigenvalue weighted by molar-refractivity contribution is 0.361. The predicted octanol–water partition coefficient (Wildman–Crippen LogP) is 0.245. The Hall–Kier alpha value is 1.64. The van der Waals surface area contributed by atoms with Crippen molar-refractivity contribution >= 4 is 61.9 Å². The minimum absolute atomic E-state index is 0. The molecule has 0 saturated carbocycles. The Labute approximate surface area is 105 Å². The van der Waals surface area contributed by atoms with E-state index in [1.165, 1.54) is 0 Å². The molecule has 0 rings (SSSR count). The Morgan fingerprint density at radius 1 is 0.643 bits per heavy atom. The summed E-state index contributed by atoms with van der Waals surface area (Å²) in [5.74, 6) is 0. The van der Waals surface area contributed by atoms with Gasteiger partial charge in [-0.15, -0.1) is 24.8 Å². The van der Waals surface area contributed by atoms with E-state index >= 15 is 0 Å². The average Bonchev–Trinajstić information content (AvgIpc) is 1.59. The highest BCUT2D eigenvalue weighted by Gasteiger charge is 1.92. The summed E-state index contributed by atoms with van der Waals surface area (Å²) in [6, 6.07) is 0. The molecule has 0 saturated heterocycles. The molecule has 0 amide bonds. The summed E-state index contributed by atoms with van der Waals surface area (Å²) in [6.07, 6.45) is 0. The summed E-state index contributed by atoms with van der Waals surface area (Å²) in [5, 5.41) is 0. The van der Waals surface area contributed by atoms with Gasteiger partial charge >= 0.3 is 13.4 Å². The van der Waals surface area contributed by atoms with Crippen LogP contribution in [-0.2, 0) is 23.6 Å². The van der Waals surface area contributed by atoms with E-state index in [0.29, 0.717) is 0 Å². The Balaban J connectivity index is -0.0000000292. The van der Waals surface area contributed by atoms with Gasteiger partial charge in [-0.1, -0.05) is 13.8 Å². The van der Waals surface area contributed by atoms with Gasteiger partial charge in [0.25, 0.3) is 0 Å². The normalized spacial score (nSPS) is 8.86. The molecule has 0 aliphatic carbocycles. The van der Waals surface area contributed by atoms with Gasteiger partial charge in [0.1, 0.15) is 0 Å². The summed E-state index contributed by atoms with van der Waals surface area (Å²) in [4.78, 5) is 45.3. The summed E-state index contributed by atoms with van der Waals surface area (Å²) in [6.45, 7) is -3.61. The van der Waals surface area contributed by atoms with Gasteiger partial charge in [-0.2, -0.15) is 0 Å². The zero-order valence-electron chi connectivity index (χ0n) is 7.21. The molecule has 0 unspecified atom stereocenters. The predicted molar refractivity (Wildman–Crippen MR) is 67.7 cm³/mol. The minimum Gasteiger partial charge on any atom is -0.325 e. The van der Waals surface area contributed by atoms with Gasteiger partial charge < -0.3 is 29.4 Å². The highest BCUT2D eigenvalue weighted by Crippen LogP contribution is 2.26. The van der Waals surface area contributed by atoms with Crippen LogP contribution in [0.15, 0.2) is 0 Å². The lowest BCUT2D eigenvalue weighted by Crippen LogP contribution is -1.65. The zero-order valence-corrected chi connectivity index (χ0v) is 12.3. The van der Waals surface area contributed by atoms with Crippen molar-refractivity contribution in [3.05, 3.63) is 0 Å². The molecule has 0 radical (unpaired) electrons. The lowest BCUT2D eigenvalue weighted by Gasteiger charge is -1.88. The molecule has 0 spiro atoms. The van der Waals surface area contributed by atoms with Crippen LogP contribution in [0.5, 0.6) is 0 Å². The fraction of sp³-hybridized carbons (Fsp3) is 1.00. The molecule has 0 aromatic rings. The molecule has 12 heteroatoms. The van der Waals surface area contributed by atoms with Gasteiger partial charge in [-0.25, -0.2) is 0 Å². The van der Waals surface area contributed by atoms with Crippen LogP contribution in [0.2, 0.25) is 0 Å². The SMILES string of the molecule is CC.Cl.Cl.OP(O)(O)=S.OP(O)(O)=S. The van der Waals surface area contributed by atoms with Crippen molar-refractivity contribution in [2.75, 3.05) is 0 Å². The highest BCUT2D eigenvalue weighted by atomic mass is 35.5. The first-order chi connectivity index (χ1) is 5.00. The monoisotopic (exact) mass is 330 g/mol. The van der Waals surface area contributed by atoms with Crippen LogP contribution in [0.25, 0.3) is 0 Å². The standard InChI is InChI=1S/C2H6.2ClH.2H3O3PS/c1-2;;;2*1-4(2,3)5/h1-2H3;2*1H;2*(H3,1,2,3,5). The third-order valence-electron chi connectivity index (χ3n) is 0. The van der Waals surface area contributed by atoms with E-state index in [2.05, 4.69) is 23.6 Å². The molecule has 94 valence electrons. The Kier molecular flexibility index (Phi) is 31.0. The number of halogens is 2. The molecule has 14 heavy (non-hydrogen) atoms. The molecular weight excluding hydrogens is 317 g/mol. The number of hydrogen-bond acceptors (Lipinski definition) is 2. The highest BCUT2D eigenvalue weighted by molar-refractivity contribution is 8.06. The van der Waals surface area contributed by atoms with Crippen molar-refractivity contribution in [2.24, 2.45) is 0 Å². The van der Waals surface area contributed by atoms with Crippen LogP contribution < -0.4 is 0 Å². The summed E-state index contributed by atoms with van der Waals surface area (Å²) in [5.41, 5.74) is 0. The van der Waals surface area contributed by atoms with Gasteiger partial charge in [-0.3, -0.25) is 0 Å². The van der Waals surface area contributed by atoms with E-state index in [0.717, 1.165) is 0 Å².